The zero-order valence-corrected chi connectivity index (χ0v) is 11.7. The molecule has 19 heavy (non-hydrogen) atoms. The van der Waals surface area contributed by atoms with E-state index in [0.717, 1.165) is 37.0 Å². The number of β-amino-alcohol motifs (C(OH)–C–C–N with tert-alkyl or cyclic N) is 1. The first-order valence-corrected chi connectivity index (χ1v) is 7.17. The summed E-state index contributed by atoms with van der Waals surface area (Å²) >= 11 is 0. The third kappa shape index (κ3) is 2.81. The monoisotopic (exact) mass is 262 g/mol. The van der Waals surface area contributed by atoms with Gasteiger partial charge in [-0.2, -0.15) is 0 Å². The summed E-state index contributed by atoms with van der Waals surface area (Å²) in [5.74, 6) is 3.35. The Kier molecular flexibility index (Phi) is 3.09. The van der Waals surface area contributed by atoms with E-state index in [1.807, 2.05) is 13.0 Å². The number of hydrogen-bond acceptors (Lipinski definition) is 5. The summed E-state index contributed by atoms with van der Waals surface area (Å²) in [6.07, 6.45) is 3.20. The van der Waals surface area contributed by atoms with Gasteiger partial charge in [-0.25, -0.2) is 9.97 Å². The van der Waals surface area contributed by atoms with Crippen molar-refractivity contribution in [2.45, 2.75) is 44.6 Å². The quantitative estimate of drug-likeness (QED) is 0.865. The third-order valence-electron chi connectivity index (χ3n) is 3.81. The summed E-state index contributed by atoms with van der Waals surface area (Å²) < 4.78 is 0. The van der Waals surface area contributed by atoms with E-state index < -0.39 is 5.60 Å². The predicted molar refractivity (Wildman–Crippen MR) is 75.6 cm³/mol. The normalized spacial score (nSPS) is 26.8. The maximum absolute atomic E-state index is 10.1. The fourth-order valence-electron chi connectivity index (χ4n) is 2.55. The van der Waals surface area contributed by atoms with Crippen LogP contribution in [0.15, 0.2) is 6.07 Å². The molecule has 1 aliphatic heterocycles. The lowest BCUT2D eigenvalue weighted by molar-refractivity contribution is 0.0839. The fourth-order valence-corrected chi connectivity index (χ4v) is 2.55. The second-order valence-corrected chi connectivity index (χ2v) is 5.94. The van der Waals surface area contributed by atoms with Crippen LogP contribution in [0.2, 0.25) is 0 Å². The lowest BCUT2D eigenvalue weighted by atomic mass is 10.1. The third-order valence-corrected chi connectivity index (χ3v) is 3.81. The van der Waals surface area contributed by atoms with Crippen LogP contribution in [0.25, 0.3) is 0 Å². The van der Waals surface area contributed by atoms with Crippen LogP contribution < -0.4 is 10.2 Å². The first-order valence-electron chi connectivity index (χ1n) is 7.17. The minimum Gasteiger partial charge on any atom is -0.388 e. The Balaban J connectivity index is 1.87. The van der Waals surface area contributed by atoms with E-state index in [0.29, 0.717) is 12.5 Å². The number of hydrogen-bond donors (Lipinski definition) is 2. The summed E-state index contributed by atoms with van der Waals surface area (Å²) in [5, 5.41) is 13.4. The Bertz CT molecular complexity index is 471. The summed E-state index contributed by atoms with van der Waals surface area (Å²) in [7, 11) is 0. The molecule has 1 saturated heterocycles. The molecule has 0 aromatic carbocycles. The highest BCUT2D eigenvalue weighted by atomic mass is 16.3. The molecule has 0 bridgehead atoms. The standard InChI is InChI=1S/C14H22N4O/c1-3-15-11-8-12(17-13(16-11)10-4-5-10)18-7-6-14(2,19)9-18/h8,10,19H,3-7,9H2,1-2H3,(H,15,16,17). The van der Waals surface area contributed by atoms with Crippen LogP contribution in [0.3, 0.4) is 0 Å². The molecule has 1 aromatic heterocycles. The Hall–Kier alpha value is -1.36. The highest BCUT2D eigenvalue weighted by molar-refractivity contribution is 5.51. The summed E-state index contributed by atoms with van der Waals surface area (Å²) in [4.78, 5) is 11.4. The lowest BCUT2D eigenvalue weighted by Gasteiger charge is -2.21. The van der Waals surface area contributed by atoms with Crippen LogP contribution in [-0.4, -0.2) is 40.3 Å². The minimum atomic E-state index is -0.594. The molecule has 2 aliphatic rings. The Morgan fingerprint density at radius 3 is 2.84 bits per heavy atom. The van der Waals surface area contributed by atoms with E-state index >= 15 is 0 Å². The van der Waals surface area contributed by atoms with Crippen LogP contribution in [0.4, 0.5) is 11.6 Å². The van der Waals surface area contributed by atoms with Gasteiger partial charge in [0, 0.05) is 31.6 Å². The van der Waals surface area contributed by atoms with Crippen molar-refractivity contribution in [3.05, 3.63) is 11.9 Å². The van der Waals surface area contributed by atoms with Crippen LogP contribution in [0.5, 0.6) is 0 Å². The van der Waals surface area contributed by atoms with E-state index in [1.54, 1.807) is 0 Å². The topological polar surface area (TPSA) is 61.3 Å². The Morgan fingerprint density at radius 2 is 2.26 bits per heavy atom. The van der Waals surface area contributed by atoms with E-state index in [4.69, 9.17) is 0 Å². The van der Waals surface area contributed by atoms with Crippen molar-refractivity contribution in [2.24, 2.45) is 0 Å². The minimum absolute atomic E-state index is 0.542. The van der Waals surface area contributed by atoms with Gasteiger partial charge >= 0.3 is 0 Å². The second kappa shape index (κ2) is 4.63. The highest BCUT2D eigenvalue weighted by Crippen LogP contribution is 2.39. The molecule has 1 unspecified atom stereocenters. The van der Waals surface area contributed by atoms with E-state index in [1.165, 1.54) is 12.8 Å². The molecule has 1 aliphatic carbocycles. The van der Waals surface area contributed by atoms with Gasteiger partial charge in [-0.15, -0.1) is 0 Å². The zero-order chi connectivity index (χ0) is 13.5. The Labute approximate surface area is 114 Å². The zero-order valence-electron chi connectivity index (χ0n) is 11.7. The van der Waals surface area contributed by atoms with Crippen molar-refractivity contribution < 1.29 is 5.11 Å². The van der Waals surface area contributed by atoms with E-state index in [2.05, 4.69) is 27.1 Å². The van der Waals surface area contributed by atoms with Crippen LogP contribution in [0, 0.1) is 0 Å². The van der Waals surface area contributed by atoms with Gasteiger partial charge in [-0.05, 0) is 33.1 Å². The van der Waals surface area contributed by atoms with Gasteiger partial charge in [-0.1, -0.05) is 0 Å². The highest BCUT2D eigenvalue weighted by Gasteiger charge is 2.33. The molecule has 3 rings (SSSR count). The number of nitrogens with one attached hydrogen (secondary N) is 1. The summed E-state index contributed by atoms with van der Waals surface area (Å²) in [6.45, 7) is 6.33. The average Bonchev–Trinajstić information content (AvgIpc) is 3.14. The van der Waals surface area contributed by atoms with Crippen LogP contribution >= 0.6 is 0 Å². The molecule has 5 heteroatoms. The molecular weight excluding hydrogens is 240 g/mol. The SMILES string of the molecule is CCNc1cc(N2CCC(C)(O)C2)nc(C2CC2)n1. The second-order valence-electron chi connectivity index (χ2n) is 5.94. The molecule has 1 saturated carbocycles. The molecule has 0 amide bonds. The van der Waals surface area contributed by atoms with Crippen molar-refractivity contribution in [1.29, 1.82) is 0 Å². The average molecular weight is 262 g/mol. The molecule has 2 fully saturated rings. The number of aromatic nitrogens is 2. The van der Waals surface area contributed by atoms with Gasteiger partial charge in [0.15, 0.2) is 0 Å². The Morgan fingerprint density at radius 1 is 1.47 bits per heavy atom. The number of rotatable bonds is 4. The number of anilines is 2. The van der Waals surface area contributed by atoms with Crippen LogP contribution in [0.1, 0.15) is 44.9 Å². The maximum Gasteiger partial charge on any atom is 0.136 e. The predicted octanol–water partition coefficient (Wildman–Crippen LogP) is 1.75. The molecular formula is C14H22N4O. The summed E-state index contributed by atoms with van der Waals surface area (Å²) in [5.41, 5.74) is -0.594. The van der Waals surface area contributed by atoms with Gasteiger partial charge in [0.2, 0.25) is 0 Å². The van der Waals surface area contributed by atoms with Crippen molar-refractivity contribution in [3.8, 4) is 0 Å². The van der Waals surface area contributed by atoms with Crippen molar-refractivity contribution >= 4 is 11.6 Å². The van der Waals surface area contributed by atoms with Crippen molar-refractivity contribution in [3.63, 3.8) is 0 Å². The van der Waals surface area contributed by atoms with E-state index in [-0.39, 0.29) is 0 Å². The largest absolute Gasteiger partial charge is 0.388 e. The molecule has 2 N–H and O–H groups in total. The van der Waals surface area contributed by atoms with Gasteiger partial charge in [0.05, 0.1) is 5.60 Å². The molecule has 2 heterocycles. The van der Waals surface area contributed by atoms with Crippen molar-refractivity contribution in [2.75, 3.05) is 29.9 Å². The smallest absolute Gasteiger partial charge is 0.136 e. The fraction of sp³-hybridized carbons (Fsp3) is 0.714. The van der Waals surface area contributed by atoms with E-state index in [9.17, 15) is 5.11 Å². The van der Waals surface area contributed by atoms with Crippen molar-refractivity contribution in [1.82, 2.24) is 9.97 Å². The number of nitrogens with zero attached hydrogens (tertiary/aromatic N) is 3. The molecule has 1 atom stereocenters. The molecule has 1 aromatic rings. The first kappa shape index (κ1) is 12.7. The number of aliphatic hydroxyl groups is 1. The summed E-state index contributed by atoms with van der Waals surface area (Å²) in [6, 6.07) is 2.00. The molecule has 104 valence electrons. The maximum atomic E-state index is 10.1. The van der Waals surface area contributed by atoms with Gasteiger partial charge in [-0.3, -0.25) is 0 Å². The van der Waals surface area contributed by atoms with Gasteiger partial charge < -0.3 is 15.3 Å². The van der Waals surface area contributed by atoms with Gasteiger partial charge in [0.25, 0.3) is 0 Å². The molecule has 0 radical (unpaired) electrons. The first-order chi connectivity index (χ1) is 9.07. The van der Waals surface area contributed by atoms with Crippen LogP contribution in [-0.2, 0) is 0 Å². The molecule has 5 nitrogen and oxygen atoms in total. The van der Waals surface area contributed by atoms with Gasteiger partial charge in [0.1, 0.15) is 17.5 Å². The lowest BCUT2D eigenvalue weighted by Crippen LogP contribution is -2.30. The molecule has 0 spiro atoms.